The highest BCUT2D eigenvalue weighted by molar-refractivity contribution is 5.97. The van der Waals surface area contributed by atoms with Crippen molar-refractivity contribution in [3.05, 3.63) is 65.7 Å². The van der Waals surface area contributed by atoms with E-state index in [2.05, 4.69) is 0 Å². The number of hydrogen-bond donors (Lipinski definition) is 1. The van der Waals surface area contributed by atoms with E-state index in [4.69, 9.17) is 4.74 Å². The lowest BCUT2D eigenvalue weighted by atomic mass is 9.71. The topological polar surface area (TPSA) is 70.1 Å². The van der Waals surface area contributed by atoms with Crippen molar-refractivity contribution in [2.75, 3.05) is 31.3 Å². The number of likely N-dealkylation sites (tertiary alicyclic amines) is 1. The third-order valence-corrected chi connectivity index (χ3v) is 7.01. The van der Waals surface area contributed by atoms with Gasteiger partial charge in [-0.2, -0.15) is 0 Å². The Morgan fingerprint density at radius 2 is 1.71 bits per heavy atom. The number of fused-ring (bicyclic) bond motifs is 3. The SMILES string of the molecule is O=C(C1CCOCC1)N1C[C@@H]2[C@@H](c3ccccc31)[C@H](CO)N2C(=O)Cc1ccccc1. The van der Waals surface area contributed by atoms with E-state index >= 15 is 0 Å². The van der Waals surface area contributed by atoms with Gasteiger partial charge in [-0.05, 0) is 30.0 Å². The normalized spacial score (nSPS) is 25.4. The van der Waals surface area contributed by atoms with E-state index in [-0.39, 0.29) is 42.3 Å². The second-order valence-corrected chi connectivity index (χ2v) is 8.70. The molecule has 6 nitrogen and oxygen atoms in total. The summed E-state index contributed by atoms with van der Waals surface area (Å²) in [5.74, 6) is 0.140. The molecule has 0 aromatic heterocycles. The van der Waals surface area contributed by atoms with Crippen LogP contribution in [0.2, 0.25) is 0 Å². The van der Waals surface area contributed by atoms with Crippen LogP contribution in [-0.2, 0) is 20.7 Å². The lowest BCUT2D eigenvalue weighted by Crippen LogP contribution is -2.71. The maximum atomic E-state index is 13.4. The molecule has 3 atom stereocenters. The molecule has 3 aliphatic heterocycles. The Hall–Kier alpha value is -2.70. The first-order valence-electron chi connectivity index (χ1n) is 11.1. The van der Waals surface area contributed by atoms with Crippen LogP contribution in [0.4, 0.5) is 5.69 Å². The number of aliphatic hydroxyl groups is 1. The van der Waals surface area contributed by atoms with Gasteiger partial charge < -0.3 is 19.6 Å². The number of ether oxygens (including phenoxy) is 1. The van der Waals surface area contributed by atoms with Crippen LogP contribution in [0.5, 0.6) is 0 Å². The first kappa shape index (κ1) is 20.2. The van der Waals surface area contributed by atoms with Crippen molar-refractivity contribution in [3.63, 3.8) is 0 Å². The van der Waals surface area contributed by atoms with Gasteiger partial charge in [0.25, 0.3) is 0 Å². The molecule has 31 heavy (non-hydrogen) atoms. The van der Waals surface area contributed by atoms with Crippen LogP contribution in [0.15, 0.2) is 54.6 Å². The fourth-order valence-corrected chi connectivity index (χ4v) is 5.47. The number of anilines is 1. The molecule has 3 heterocycles. The summed E-state index contributed by atoms with van der Waals surface area (Å²) in [6.07, 6.45) is 1.78. The third-order valence-electron chi connectivity index (χ3n) is 7.01. The minimum absolute atomic E-state index is 0.00402. The monoisotopic (exact) mass is 420 g/mol. The van der Waals surface area contributed by atoms with Gasteiger partial charge in [0, 0.05) is 37.3 Å². The van der Waals surface area contributed by atoms with Crippen molar-refractivity contribution in [1.29, 1.82) is 0 Å². The molecule has 0 bridgehead atoms. The lowest BCUT2D eigenvalue weighted by Gasteiger charge is -2.59. The van der Waals surface area contributed by atoms with Crippen LogP contribution in [0.3, 0.4) is 0 Å². The molecule has 162 valence electrons. The summed E-state index contributed by atoms with van der Waals surface area (Å²) < 4.78 is 5.44. The van der Waals surface area contributed by atoms with E-state index in [0.717, 1.165) is 29.7 Å². The molecule has 0 radical (unpaired) electrons. The molecular formula is C25H28N2O4. The number of para-hydroxylation sites is 1. The zero-order valence-electron chi connectivity index (χ0n) is 17.5. The minimum Gasteiger partial charge on any atom is -0.394 e. The van der Waals surface area contributed by atoms with E-state index in [9.17, 15) is 14.7 Å². The molecule has 3 aliphatic rings. The van der Waals surface area contributed by atoms with Crippen LogP contribution >= 0.6 is 0 Å². The van der Waals surface area contributed by atoms with E-state index in [1.54, 1.807) is 0 Å². The zero-order valence-corrected chi connectivity index (χ0v) is 17.5. The van der Waals surface area contributed by atoms with Crippen molar-refractivity contribution < 1.29 is 19.4 Å². The predicted molar refractivity (Wildman–Crippen MR) is 117 cm³/mol. The maximum Gasteiger partial charge on any atom is 0.230 e. The second-order valence-electron chi connectivity index (χ2n) is 8.70. The summed E-state index contributed by atoms with van der Waals surface area (Å²) in [5.41, 5.74) is 2.94. The Morgan fingerprint density at radius 3 is 2.45 bits per heavy atom. The number of nitrogens with zero attached hydrogens (tertiary/aromatic N) is 2. The number of hydrogen-bond acceptors (Lipinski definition) is 4. The molecule has 2 aromatic rings. The molecule has 6 heteroatoms. The van der Waals surface area contributed by atoms with Crippen molar-refractivity contribution >= 4 is 17.5 Å². The van der Waals surface area contributed by atoms with Crippen LogP contribution in [0, 0.1) is 5.92 Å². The Balaban J connectivity index is 1.43. The molecule has 2 saturated heterocycles. The predicted octanol–water partition coefficient (Wildman–Crippen LogP) is 2.36. The van der Waals surface area contributed by atoms with Crippen molar-refractivity contribution in [2.45, 2.75) is 37.3 Å². The average Bonchev–Trinajstić information content (AvgIpc) is 2.80. The molecular weight excluding hydrogens is 392 g/mol. The average molecular weight is 421 g/mol. The largest absolute Gasteiger partial charge is 0.394 e. The van der Waals surface area contributed by atoms with Gasteiger partial charge in [-0.3, -0.25) is 9.59 Å². The lowest BCUT2D eigenvalue weighted by molar-refractivity contribution is -0.150. The summed E-state index contributed by atoms with van der Waals surface area (Å²) in [4.78, 5) is 30.3. The standard InChI is InChI=1S/C25H28N2O4/c28-16-22-24-19-8-4-5-9-20(19)26(25(30)18-10-12-31-13-11-18)15-21(24)27(22)23(29)14-17-6-2-1-3-7-17/h1-9,18,21-22,24,28H,10-16H2/t21-,22+,24-/m1/s1. The van der Waals surface area contributed by atoms with Crippen molar-refractivity contribution in [1.82, 2.24) is 4.90 Å². The summed E-state index contributed by atoms with van der Waals surface area (Å²) in [5, 5.41) is 10.1. The number of benzene rings is 2. The Kier molecular flexibility index (Phi) is 5.50. The highest BCUT2D eigenvalue weighted by Crippen LogP contribution is 2.48. The summed E-state index contributed by atoms with van der Waals surface area (Å²) in [6.45, 7) is 1.64. The Bertz CT molecular complexity index is 957. The van der Waals surface area contributed by atoms with Gasteiger partial charge >= 0.3 is 0 Å². The maximum absolute atomic E-state index is 13.4. The van der Waals surface area contributed by atoms with Crippen molar-refractivity contribution in [2.24, 2.45) is 5.92 Å². The summed E-state index contributed by atoms with van der Waals surface area (Å²) in [7, 11) is 0. The molecule has 2 fully saturated rings. The fourth-order valence-electron chi connectivity index (χ4n) is 5.47. The van der Waals surface area contributed by atoms with Crippen LogP contribution in [-0.4, -0.2) is 60.3 Å². The first-order valence-corrected chi connectivity index (χ1v) is 11.1. The third kappa shape index (κ3) is 3.54. The van der Waals surface area contributed by atoms with E-state index in [1.165, 1.54) is 0 Å². The number of rotatable bonds is 4. The molecule has 0 unspecified atom stereocenters. The first-order chi connectivity index (χ1) is 15.2. The smallest absolute Gasteiger partial charge is 0.230 e. The number of aliphatic hydroxyl groups excluding tert-OH is 1. The molecule has 5 rings (SSSR count). The summed E-state index contributed by atoms with van der Waals surface area (Å²) in [6, 6.07) is 17.3. The van der Waals surface area contributed by atoms with E-state index in [1.807, 2.05) is 64.4 Å². The fraction of sp³-hybridized carbons (Fsp3) is 0.440. The highest BCUT2D eigenvalue weighted by atomic mass is 16.5. The van der Waals surface area contributed by atoms with Crippen LogP contribution in [0.1, 0.15) is 29.9 Å². The highest BCUT2D eigenvalue weighted by Gasteiger charge is 2.55. The Morgan fingerprint density at radius 1 is 1.00 bits per heavy atom. The molecule has 0 aliphatic carbocycles. The van der Waals surface area contributed by atoms with Gasteiger partial charge in [0.05, 0.1) is 25.1 Å². The van der Waals surface area contributed by atoms with E-state index in [0.29, 0.717) is 26.2 Å². The Labute approximate surface area is 182 Å². The van der Waals surface area contributed by atoms with Gasteiger partial charge in [0.15, 0.2) is 0 Å². The van der Waals surface area contributed by atoms with Crippen LogP contribution in [0.25, 0.3) is 0 Å². The number of carbonyl (C=O) groups excluding carboxylic acids is 2. The minimum atomic E-state index is -0.248. The van der Waals surface area contributed by atoms with Gasteiger partial charge in [-0.25, -0.2) is 0 Å². The van der Waals surface area contributed by atoms with E-state index < -0.39 is 0 Å². The number of amides is 2. The number of carbonyl (C=O) groups is 2. The second kappa shape index (κ2) is 8.44. The van der Waals surface area contributed by atoms with Gasteiger partial charge in [0.1, 0.15) is 0 Å². The molecule has 2 aromatic carbocycles. The quantitative estimate of drug-likeness (QED) is 0.825. The summed E-state index contributed by atoms with van der Waals surface area (Å²) >= 11 is 0. The molecule has 0 saturated carbocycles. The molecule has 2 amide bonds. The van der Waals surface area contributed by atoms with Gasteiger partial charge in [-0.15, -0.1) is 0 Å². The molecule has 1 N–H and O–H groups in total. The van der Waals surface area contributed by atoms with Crippen molar-refractivity contribution in [3.8, 4) is 0 Å². The van der Waals surface area contributed by atoms with Crippen LogP contribution < -0.4 is 4.90 Å². The van der Waals surface area contributed by atoms with Gasteiger partial charge in [0.2, 0.25) is 11.8 Å². The molecule has 0 spiro atoms. The van der Waals surface area contributed by atoms with Gasteiger partial charge in [-0.1, -0.05) is 48.5 Å². The zero-order chi connectivity index (χ0) is 21.4.